The van der Waals surface area contributed by atoms with E-state index in [4.69, 9.17) is 4.74 Å². The third-order valence-electron chi connectivity index (χ3n) is 4.47. The molecule has 0 aliphatic carbocycles. The fraction of sp³-hybridized carbons (Fsp3) is 0.600. The smallest absolute Gasteiger partial charge is 0.234 e. The summed E-state index contributed by atoms with van der Waals surface area (Å²) in [5.41, 5.74) is 0.629. The van der Waals surface area contributed by atoms with Gasteiger partial charge in [-0.25, -0.2) is 0 Å². The molecule has 144 valence electrons. The van der Waals surface area contributed by atoms with Crippen molar-refractivity contribution in [3.63, 3.8) is 0 Å². The lowest BCUT2D eigenvalue weighted by Crippen LogP contribution is -2.50. The van der Waals surface area contributed by atoms with Gasteiger partial charge in [-0.2, -0.15) is 0 Å². The van der Waals surface area contributed by atoms with Gasteiger partial charge in [-0.1, -0.05) is 26.0 Å². The molecular formula is C20H31N3O3. The van der Waals surface area contributed by atoms with Crippen molar-refractivity contribution in [3.05, 3.63) is 29.8 Å². The maximum absolute atomic E-state index is 11.9. The molecular weight excluding hydrogens is 330 g/mol. The highest BCUT2D eigenvalue weighted by molar-refractivity contribution is 5.96. The van der Waals surface area contributed by atoms with Crippen LogP contribution < -0.4 is 10.1 Å². The molecule has 0 bridgehead atoms. The Balaban J connectivity index is 1.66. The number of nitrogens with one attached hydrogen (secondary N) is 1. The van der Waals surface area contributed by atoms with Crippen molar-refractivity contribution in [3.8, 4) is 5.75 Å². The highest BCUT2D eigenvalue weighted by atomic mass is 16.5. The molecule has 1 aromatic carbocycles. The van der Waals surface area contributed by atoms with Crippen LogP contribution in [0.5, 0.6) is 5.75 Å². The van der Waals surface area contributed by atoms with Gasteiger partial charge in [0.2, 0.25) is 5.91 Å². The average Bonchev–Trinajstić information content (AvgIpc) is 2.62. The van der Waals surface area contributed by atoms with Crippen LogP contribution in [0.15, 0.2) is 24.3 Å². The number of para-hydroxylation sites is 1. The van der Waals surface area contributed by atoms with Gasteiger partial charge in [-0.05, 0) is 25.0 Å². The van der Waals surface area contributed by atoms with Gasteiger partial charge in [0.15, 0.2) is 5.78 Å². The molecule has 0 unspecified atom stereocenters. The molecule has 0 spiro atoms. The summed E-state index contributed by atoms with van der Waals surface area (Å²) < 4.78 is 5.81. The summed E-state index contributed by atoms with van der Waals surface area (Å²) in [5.74, 6) is 1.26. The number of rotatable bonds is 9. The molecule has 1 heterocycles. The number of carbonyl (C=O) groups is 2. The highest BCUT2D eigenvalue weighted by Gasteiger charge is 2.19. The Bertz CT molecular complexity index is 596. The number of nitrogens with zero attached hydrogens (tertiary/aromatic N) is 2. The maximum Gasteiger partial charge on any atom is 0.234 e. The van der Waals surface area contributed by atoms with Crippen molar-refractivity contribution < 1.29 is 14.3 Å². The first-order valence-corrected chi connectivity index (χ1v) is 9.40. The minimum atomic E-state index is 0.0185. The first-order valence-electron chi connectivity index (χ1n) is 9.40. The van der Waals surface area contributed by atoms with E-state index in [0.29, 0.717) is 30.4 Å². The normalized spacial score (nSPS) is 15.8. The third kappa shape index (κ3) is 6.77. The largest absolute Gasteiger partial charge is 0.491 e. The average molecular weight is 361 g/mol. The third-order valence-corrected chi connectivity index (χ3v) is 4.47. The van der Waals surface area contributed by atoms with E-state index in [1.54, 1.807) is 13.0 Å². The van der Waals surface area contributed by atoms with Crippen molar-refractivity contribution in [2.24, 2.45) is 5.92 Å². The molecule has 0 radical (unpaired) electrons. The Labute approximate surface area is 156 Å². The Morgan fingerprint density at radius 2 is 1.77 bits per heavy atom. The zero-order valence-corrected chi connectivity index (χ0v) is 16.2. The van der Waals surface area contributed by atoms with Crippen LogP contribution in [0.3, 0.4) is 0 Å². The molecule has 0 saturated carbocycles. The monoisotopic (exact) mass is 361 g/mol. The number of carbonyl (C=O) groups excluding carboxylic acids is 2. The van der Waals surface area contributed by atoms with Gasteiger partial charge >= 0.3 is 0 Å². The van der Waals surface area contributed by atoms with Crippen molar-refractivity contribution in [1.29, 1.82) is 0 Å². The Morgan fingerprint density at radius 1 is 1.12 bits per heavy atom. The molecule has 1 N–H and O–H groups in total. The van der Waals surface area contributed by atoms with Crippen LogP contribution in [-0.2, 0) is 4.79 Å². The van der Waals surface area contributed by atoms with Crippen LogP contribution in [-0.4, -0.2) is 73.9 Å². The number of benzene rings is 1. The fourth-order valence-corrected chi connectivity index (χ4v) is 2.92. The van der Waals surface area contributed by atoms with Crippen LogP contribution in [0.2, 0.25) is 0 Å². The molecule has 0 aromatic heterocycles. The quantitative estimate of drug-likeness (QED) is 0.678. The maximum atomic E-state index is 11.9. The standard InChI is InChI=1S/C20H31N3O3/c1-16(2)14-21-20(25)15-23-10-8-22(9-11-23)12-13-26-19-7-5-4-6-18(19)17(3)24/h4-7,16H,8-15H2,1-3H3,(H,21,25). The Morgan fingerprint density at radius 3 is 2.42 bits per heavy atom. The number of hydrogen-bond donors (Lipinski definition) is 1. The number of hydrogen-bond acceptors (Lipinski definition) is 5. The molecule has 6 heteroatoms. The summed E-state index contributed by atoms with van der Waals surface area (Å²) in [4.78, 5) is 28.0. The number of Topliss-reactive ketones (excluding diaryl/α,β-unsaturated/α-hetero) is 1. The summed E-state index contributed by atoms with van der Waals surface area (Å²) in [6, 6.07) is 7.36. The van der Waals surface area contributed by atoms with Crippen molar-refractivity contribution in [1.82, 2.24) is 15.1 Å². The number of piperazine rings is 1. The topological polar surface area (TPSA) is 61.9 Å². The van der Waals surface area contributed by atoms with Crippen molar-refractivity contribution in [2.75, 3.05) is 52.4 Å². The van der Waals surface area contributed by atoms with Gasteiger partial charge in [0.05, 0.1) is 12.1 Å². The van der Waals surface area contributed by atoms with E-state index < -0.39 is 0 Å². The van der Waals surface area contributed by atoms with E-state index in [-0.39, 0.29) is 11.7 Å². The first kappa shape index (κ1) is 20.4. The second-order valence-corrected chi connectivity index (χ2v) is 7.22. The molecule has 6 nitrogen and oxygen atoms in total. The van der Waals surface area contributed by atoms with Crippen LogP contribution in [0.25, 0.3) is 0 Å². The van der Waals surface area contributed by atoms with Crippen LogP contribution in [0.4, 0.5) is 0 Å². The molecule has 1 amide bonds. The van der Waals surface area contributed by atoms with Crippen LogP contribution in [0, 0.1) is 5.92 Å². The van der Waals surface area contributed by atoms with E-state index in [9.17, 15) is 9.59 Å². The van der Waals surface area contributed by atoms with Gasteiger partial charge in [0, 0.05) is 39.3 Å². The molecule has 1 saturated heterocycles. The predicted octanol–water partition coefficient (Wildman–Crippen LogP) is 1.66. The lowest BCUT2D eigenvalue weighted by Gasteiger charge is -2.34. The Kier molecular flexibility index (Phi) is 8.06. The van der Waals surface area contributed by atoms with Gasteiger partial charge in [-0.3, -0.25) is 19.4 Å². The lowest BCUT2D eigenvalue weighted by molar-refractivity contribution is -0.122. The molecule has 0 atom stereocenters. The molecule has 1 aliphatic heterocycles. The fourth-order valence-electron chi connectivity index (χ4n) is 2.92. The SMILES string of the molecule is CC(=O)c1ccccc1OCCN1CCN(CC(=O)NCC(C)C)CC1. The zero-order valence-electron chi connectivity index (χ0n) is 16.2. The van der Waals surface area contributed by atoms with E-state index >= 15 is 0 Å². The minimum Gasteiger partial charge on any atom is -0.491 e. The highest BCUT2D eigenvalue weighted by Crippen LogP contribution is 2.18. The predicted molar refractivity (Wildman–Crippen MR) is 103 cm³/mol. The Hall–Kier alpha value is -1.92. The molecule has 26 heavy (non-hydrogen) atoms. The van der Waals surface area contributed by atoms with E-state index in [1.165, 1.54) is 0 Å². The number of amides is 1. The second kappa shape index (κ2) is 10.3. The van der Waals surface area contributed by atoms with Gasteiger partial charge in [0.25, 0.3) is 0 Å². The van der Waals surface area contributed by atoms with Gasteiger partial charge in [-0.15, -0.1) is 0 Å². The van der Waals surface area contributed by atoms with Crippen LogP contribution >= 0.6 is 0 Å². The second-order valence-electron chi connectivity index (χ2n) is 7.22. The molecule has 1 aliphatic rings. The minimum absolute atomic E-state index is 0.0185. The van der Waals surface area contributed by atoms with E-state index in [1.807, 2.05) is 18.2 Å². The molecule has 1 aromatic rings. The summed E-state index contributed by atoms with van der Waals surface area (Å²) in [6.45, 7) is 12.0. The first-order chi connectivity index (χ1) is 12.5. The summed E-state index contributed by atoms with van der Waals surface area (Å²) in [7, 11) is 0. The van der Waals surface area contributed by atoms with Gasteiger partial charge in [0.1, 0.15) is 12.4 Å². The summed E-state index contributed by atoms with van der Waals surface area (Å²) >= 11 is 0. The zero-order chi connectivity index (χ0) is 18.9. The number of ketones is 1. The van der Waals surface area contributed by atoms with Crippen LogP contribution in [0.1, 0.15) is 31.1 Å². The van der Waals surface area contributed by atoms with E-state index in [2.05, 4.69) is 29.0 Å². The lowest BCUT2D eigenvalue weighted by atomic mass is 10.1. The summed E-state index contributed by atoms with van der Waals surface area (Å²) in [5, 5.41) is 2.97. The van der Waals surface area contributed by atoms with Gasteiger partial charge < -0.3 is 10.1 Å². The molecule has 1 fully saturated rings. The summed E-state index contributed by atoms with van der Waals surface area (Å²) in [6.07, 6.45) is 0. The van der Waals surface area contributed by atoms with Crippen molar-refractivity contribution in [2.45, 2.75) is 20.8 Å². The molecule has 2 rings (SSSR count). The van der Waals surface area contributed by atoms with Crippen molar-refractivity contribution >= 4 is 11.7 Å². The van der Waals surface area contributed by atoms with E-state index in [0.717, 1.165) is 39.3 Å². The number of ether oxygens (including phenoxy) is 1.